The minimum atomic E-state index is -0.388. The Bertz CT molecular complexity index is 1680. The second kappa shape index (κ2) is 10.1. The Labute approximate surface area is 238 Å². The SMILES string of the molecule is C=CC(=O)N1C[C@H](C)N(c2nc(N3CC(N(C)C)C3)nc3c(F)c(-c4c(C)ccc5nn[nH]c45)c(C)cc23)C[C@H]1C. The second-order valence-corrected chi connectivity index (χ2v) is 11.7. The van der Waals surface area contributed by atoms with E-state index < -0.39 is 0 Å². The molecular weight excluding hydrogens is 521 g/mol. The highest BCUT2D eigenvalue weighted by Gasteiger charge is 2.36. The number of benzene rings is 2. The van der Waals surface area contributed by atoms with Crippen LogP contribution in [0.25, 0.3) is 33.1 Å². The highest BCUT2D eigenvalue weighted by molar-refractivity contribution is 6.00. The van der Waals surface area contributed by atoms with Gasteiger partial charge in [-0.3, -0.25) is 9.89 Å². The van der Waals surface area contributed by atoms with Crippen molar-refractivity contribution < 1.29 is 9.18 Å². The molecule has 2 aromatic carbocycles. The zero-order valence-electron chi connectivity index (χ0n) is 24.4. The van der Waals surface area contributed by atoms with Crippen LogP contribution in [0.15, 0.2) is 30.9 Å². The van der Waals surface area contributed by atoms with E-state index >= 15 is 4.39 Å². The molecule has 0 bridgehead atoms. The van der Waals surface area contributed by atoms with Crippen LogP contribution in [0.2, 0.25) is 0 Å². The van der Waals surface area contributed by atoms with Gasteiger partial charge in [-0.1, -0.05) is 17.9 Å². The first kappa shape index (κ1) is 27.1. The topological polar surface area (TPSA) is 97.4 Å². The standard InChI is InChI=1S/C30H36FN9O/c1-8-23(41)39-12-19(5)40(13-18(39)4)29-21-11-17(3)24(25-16(2)9-10-22-28(25)35-36-34-22)26(31)27(21)32-30(33-29)38-14-20(15-38)37(6)7/h8-11,18-20H,1,12-15H2,2-7H3,(H,34,35,36)/t18-,19+/m1/s1. The van der Waals surface area contributed by atoms with Crippen LogP contribution in [-0.2, 0) is 4.79 Å². The Balaban J connectivity index is 1.54. The van der Waals surface area contributed by atoms with Crippen LogP contribution in [0.1, 0.15) is 25.0 Å². The van der Waals surface area contributed by atoms with E-state index in [2.05, 4.69) is 57.7 Å². The normalized spacial score (nSPS) is 19.9. The molecule has 2 saturated heterocycles. The lowest BCUT2D eigenvalue weighted by molar-refractivity contribution is -0.128. The number of nitrogens with one attached hydrogen (secondary N) is 1. The molecule has 1 N–H and O–H groups in total. The van der Waals surface area contributed by atoms with Gasteiger partial charge in [0.05, 0.1) is 5.52 Å². The molecule has 0 spiro atoms. The van der Waals surface area contributed by atoms with E-state index in [4.69, 9.17) is 9.97 Å². The van der Waals surface area contributed by atoms with E-state index in [0.29, 0.717) is 52.9 Å². The van der Waals surface area contributed by atoms with E-state index in [1.807, 2.05) is 43.9 Å². The van der Waals surface area contributed by atoms with Gasteiger partial charge in [-0.25, -0.2) is 9.37 Å². The van der Waals surface area contributed by atoms with Gasteiger partial charge in [0, 0.05) is 60.8 Å². The molecule has 11 heteroatoms. The maximum Gasteiger partial charge on any atom is 0.246 e. The number of aromatic nitrogens is 5. The largest absolute Gasteiger partial charge is 0.349 e. The number of aromatic amines is 1. The lowest BCUT2D eigenvalue weighted by Crippen LogP contribution is -2.59. The molecule has 2 aliphatic heterocycles. The van der Waals surface area contributed by atoms with Gasteiger partial charge in [0.2, 0.25) is 11.9 Å². The number of H-pyrrole nitrogens is 1. The van der Waals surface area contributed by atoms with Crippen LogP contribution in [-0.4, -0.2) is 99.5 Å². The molecule has 1 amide bonds. The fourth-order valence-electron chi connectivity index (χ4n) is 6.13. The number of nitrogens with zero attached hydrogens (tertiary/aromatic N) is 8. The fraction of sp³-hybridized carbons (Fsp3) is 0.433. The smallest absolute Gasteiger partial charge is 0.246 e. The van der Waals surface area contributed by atoms with Gasteiger partial charge in [-0.15, -0.1) is 5.10 Å². The summed E-state index contributed by atoms with van der Waals surface area (Å²) in [7, 11) is 4.12. The summed E-state index contributed by atoms with van der Waals surface area (Å²) in [5, 5.41) is 11.7. The van der Waals surface area contributed by atoms with Crippen LogP contribution < -0.4 is 9.80 Å². The summed E-state index contributed by atoms with van der Waals surface area (Å²) in [6, 6.07) is 6.10. The number of fused-ring (bicyclic) bond motifs is 2. The lowest BCUT2D eigenvalue weighted by Gasteiger charge is -2.45. The molecule has 4 heterocycles. The van der Waals surface area contributed by atoms with Gasteiger partial charge >= 0.3 is 0 Å². The van der Waals surface area contributed by atoms with Gasteiger partial charge in [0.1, 0.15) is 16.9 Å². The molecule has 0 unspecified atom stereocenters. The van der Waals surface area contributed by atoms with E-state index in [0.717, 1.165) is 29.8 Å². The number of anilines is 2. The summed E-state index contributed by atoms with van der Waals surface area (Å²) in [6.45, 7) is 14.3. The summed E-state index contributed by atoms with van der Waals surface area (Å²) >= 11 is 0. The van der Waals surface area contributed by atoms with Crippen LogP contribution in [0.5, 0.6) is 0 Å². The monoisotopic (exact) mass is 557 g/mol. The summed E-state index contributed by atoms with van der Waals surface area (Å²) in [6.07, 6.45) is 1.36. The quantitative estimate of drug-likeness (QED) is 0.371. The molecule has 41 heavy (non-hydrogen) atoms. The lowest BCUT2D eigenvalue weighted by atomic mass is 9.93. The molecular formula is C30H36FN9O. The molecule has 2 aliphatic rings. The Kier molecular flexibility index (Phi) is 6.64. The molecule has 0 aliphatic carbocycles. The molecule has 2 fully saturated rings. The van der Waals surface area contributed by atoms with Gasteiger partial charge in [0.15, 0.2) is 5.82 Å². The van der Waals surface area contributed by atoms with Crippen molar-refractivity contribution >= 4 is 39.6 Å². The van der Waals surface area contributed by atoms with Crippen LogP contribution in [0.3, 0.4) is 0 Å². The molecule has 214 valence electrons. The number of aryl methyl sites for hydroxylation is 2. The summed E-state index contributed by atoms with van der Waals surface area (Å²) in [5.74, 6) is 0.731. The average Bonchev–Trinajstić information content (AvgIpc) is 3.38. The highest BCUT2D eigenvalue weighted by atomic mass is 19.1. The minimum Gasteiger partial charge on any atom is -0.349 e. The molecule has 4 aromatic rings. The number of halogens is 1. The van der Waals surface area contributed by atoms with Gasteiger partial charge in [-0.2, -0.15) is 4.98 Å². The molecule has 0 radical (unpaired) electrons. The van der Waals surface area contributed by atoms with Crippen LogP contribution in [0.4, 0.5) is 16.2 Å². The maximum absolute atomic E-state index is 16.9. The van der Waals surface area contributed by atoms with Crippen molar-refractivity contribution in [1.29, 1.82) is 0 Å². The minimum absolute atomic E-state index is 0.0398. The van der Waals surface area contributed by atoms with Crippen molar-refractivity contribution in [2.45, 2.75) is 45.8 Å². The third-order valence-corrected chi connectivity index (χ3v) is 8.65. The Morgan fingerprint density at radius 1 is 1.07 bits per heavy atom. The number of amides is 1. The van der Waals surface area contributed by atoms with Crippen molar-refractivity contribution in [3.63, 3.8) is 0 Å². The van der Waals surface area contributed by atoms with Gasteiger partial charge < -0.3 is 19.6 Å². The average molecular weight is 558 g/mol. The maximum atomic E-state index is 16.9. The molecule has 0 saturated carbocycles. The number of carbonyl (C=O) groups is 1. The number of piperazine rings is 1. The predicted octanol–water partition coefficient (Wildman–Crippen LogP) is 3.69. The first-order chi connectivity index (χ1) is 19.6. The third kappa shape index (κ3) is 4.39. The van der Waals surface area contributed by atoms with Gasteiger partial charge in [0.25, 0.3) is 0 Å². The van der Waals surface area contributed by atoms with E-state index in [1.54, 1.807) is 0 Å². The van der Waals surface area contributed by atoms with Crippen molar-refractivity contribution in [2.75, 3.05) is 50.1 Å². The Morgan fingerprint density at radius 2 is 1.83 bits per heavy atom. The van der Waals surface area contributed by atoms with Crippen molar-refractivity contribution in [3.05, 3.63) is 47.8 Å². The van der Waals surface area contributed by atoms with E-state index in [-0.39, 0.29) is 29.3 Å². The number of carbonyl (C=O) groups excluding carboxylic acids is 1. The van der Waals surface area contributed by atoms with E-state index in [1.165, 1.54) is 6.08 Å². The second-order valence-electron chi connectivity index (χ2n) is 11.7. The molecule has 6 rings (SSSR count). The van der Waals surface area contributed by atoms with Crippen molar-refractivity contribution in [2.24, 2.45) is 0 Å². The number of hydrogen-bond acceptors (Lipinski definition) is 8. The first-order valence-corrected chi connectivity index (χ1v) is 14.0. The summed E-state index contributed by atoms with van der Waals surface area (Å²) < 4.78 is 16.9. The van der Waals surface area contributed by atoms with Gasteiger partial charge in [-0.05, 0) is 71.1 Å². The zero-order valence-corrected chi connectivity index (χ0v) is 24.4. The first-order valence-electron chi connectivity index (χ1n) is 14.0. The number of rotatable bonds is 5. The molecule has 2 aromatic heterocycles. The van der Waals surface area contributed by atoms with Crippen molar-refractivity contribution in [3.8, 4) is 11.1 Å². The summed E-state index contributed by atoms with van der Waals surface area (Å²) in [4.78, 5) is 30.7. The third-order valence-electron chi connectivity index (χ3n) is 8.65. The van der Waals surface area contributed by atoms with E-state index in [9.17, 15) is 4.79 Å². The Hall–Kier alpha value is -4.12. The Morgan fingerprint density at radius 3 is 2.54 bits per heavy atom. The molecule has 2 atom stereocenters. The zero-order chi connectivity index (χ0) is 29.2. The fourth-order valence-corrected chi connectivity index (χ4v) is 6.13. The van der Waals surface area contributed by atoms with Crippen molar-refractivity contribution in [1.82, 2.24) is 35.2 Å². The number of hydrogen-bond donors (Lipinski definition) is 1. The predicted molar refractivity (Wildman–Crippen MR) is 160 cm³/mol. The highest BCUT2D eigenvalue weighted by Crippen LogP contribution is 2.40. The number of likely N-dealkylation sites (N-methyl/N-ethyl adjacent to an activating group) is 1. The molecule has 10 nitrogen and oxygen atoms in total. The van der Waals surface area contributed by atoms with Crippen LogP contribution in [0, 0.1) is 19.7 Å². The van der Waals surface area contributed by atoms with Crippen LogP contribution >= 0.6 is 0 Å². The summed E-state index contributed by atoms with van der Waals surface area (Å²) in [5.41, 5.74) is 4.58.